The zero-order valence-electron chi connectivity index (χ0n) is 11.3. The van der Waals surface area contributed by atoms with Crippen LogP contribution >= 0.6 is 0 Å². The van der Waals surface area contributed by atoms with Crippen LogP contribution in [-0.2, 0) is 4.79 Å². The summed E-state index contributed by atoms with van der Waals surface area (Å²) in [5.41, 5.74) is 5.14. The summed E-state index contributed by atoms with van der Waals surface area (Å²) in [5, 5.41) is 2.63. The van der Waals surface area contributed by atoms with Crippen LogP contribution in [0.2, 0.25) is 0 Å². The summed E-state index contributed by atoms with van der Waals surface area (Å²) in [6.07, 6.45) is 3.44. The monoisotopic (exact) mass is 283 g/mol. The largest absolute Gasteiger partial charge is 0.399 e. The maximum atomic E-state index is 13.5. The van der Waals surface area contributed by atoms with Crippen LogP contribution < -0.4 is 11.1 Å². The first-order valence-corrected chi connectivity index (χ1v) is 6.84. The molecule has 1 amide bonds. The third kappa shape index (κ3) is 3.59. The molecule has 1 saturated heterocycles. The van der Waals surface area contributed by atoms with Gasteiger partial charge in [0, 0.05) is 31.7 Å². The number of anilines is 2. The van der Waals surface area contributed by atoms with Gasteiger partial charge in [0.1, 0.15) is 5.69 Å². The number of piperidine rings is 1. The number of nitrogen functional groups attached to an aromatic ring is 1. The molecule has 1 fully saturated rings. The smallest absolute Gasteiger partial charge is 0.224 e. The Bertz CT molecular complexity index is 464. The maximum Gasteiger partial charge on any atom is 0.224 e. The van der Waals surface area contributed by atoms with Crippen molar-refractivity contribution in [3.8, 4) is 0 Å². The first kappa shape index (κ1) is 14.6. The van der Waals surface area contributed by atoms with Crippen molar-refractivity contribution in [1.29, 1.82) is 0 Å². The van der Waals surface area contributed by atoms with Crippen molar-refractivity contribution in [2.45, 2.75) is 25.7 Å². The molecular formula is C14H19F2N3O. The molecule has 0 unspecified atom stereocenters. The molecular weight excluding hydrogens is 264 g/mol. The van der Waals surface area contributed by atoms with E-state index < -0.39 is 11.6 Å². The standard InChI is InChI=1S/C14H19F2N3O/c15-11-8-10(17)9-12(16)14(11)18-5-4-13(20)19-6-2-1-3-7-19/h8-9,18H,1-7,17H2. The predicted molar refractivity (Wildman–Crippen MR) is 74.3 cm³/mol. The van der Waals surface area contributed by atoms with Gasteiger partial charge in [0.25, 0.3) is 0 Å². The van der Waals surface area contributed by atoms with E-state index in [-0.39, 0.29) is 30.2 Å². The molecule has 1 aliphatic rings. The van der Waals surface area contributed by atoms with E-state index in [1.54, 1.807) is 4.90 Å². The summed E-state index contributed by atoms with van der Waals surface area (Å²) in [6.45, 7) is 1.76. The van der Waals surface area contributed by atoms with E-state index in [0.717, 1.165) is 44.5 Å². The SMILES string of the molecule is Nc1cc(F)c(NCCC(=O)N2CCCCC2)c(F)c1. The average molecular weight is 283 g/mol. The topological polar surface area (TPSA) is 58.4 Å². The van der Waals surface area contributed by atoms with Crippen LogP contribution in [0.1, 0.15) is 25.7 Å². The lowest BCUT2D eigenvalue weighted by atomic mass is 10.1. The number of nitrogens with zero attached hydrogens (tertiary/aromatic N) is 1. The lowest BCUT2D eigenvalue weighted by Gasteiger charge is -2.26. The highest BCUT2D eigenvalue weighted by molar-refractivity contribution is 5.76. The molecule has 20 heavy (non-hydrogen) atoms. The minimum Gasteiger partial charge on any atom is -0.399 e. The van der Waals surface area contributed by atoms with Gasteiger partial charge in [-0.25, -0.2) is 8.78 Å². The van der Waals surface area contributed by atoms with Gasteiger partial charge in [0.15, 0.2) is 11.6 Å². The molecule has 1 aliphatic heterocycles. The lowest BCUT2D eigenvalue weighted by Crippen LogP contribution is -2.36. The van der Waals surface area contributed by atoms with E-state index in [1.807, 2.05) is 0 Å². The number of hydrogen-bond donors (Lipinski definition) is 2. The fraction of sp³-hybridized carbons (Fsp3) is 0.500. The van der Waals surface area contributed by atoms with Crippen molar-refractivity contribution in [3.05, 3.63) is 23.8 Å². The maximum absolute atomic E-state index is 13.5. The van der Waals surface area contributed by atoms with Crippen LogP contribution in [0, 0.1) is 11.6 Å². The van der Waals surface area contributed by atoms with Gasteiger partial charge in [0.05, 0.1) is 0 Å². The zero-order valence-corrected chi connectivity index (χ0v) is 11.3. The fourth-order valence-electron chi connectivity index (χ4n) is 2.36. The minimum atomic E-state index is -0.743. The second-order valence-corrected chi connectivity index (χ2v) is 4.98. The molecule has 0 spiro atoms. The first-order valence-electron chi connectivity index (χ1n) is 6.84. The molecule has 1 aromatic rings. The number of nitrogens with two attached hydrogens (primary N) is 1. The second kappa shape index (κ2) is 6.54. The quantitative estimate of drug-likeness (QED) is 0.834. The number of rotatable bonds is 4. The third-order valence-corrected chi connectivity index (χ3v) is 3.41. The number of benzene rings is 1. The summed E-state index contributed by atoms with van der Waals surface area (Å²) >= 11 is 0. The summed E-state index contributed by atoms with van der Waals surface area (Å²) in [7, 11) is 0. The van der Waals surface area contributed by atoms with Crippen molar-refractivity contribution < 1.29 is 13.6 Å². The van der Waals surface area contributed by atoms with Crippen molar-refractivity contribution >= 4 is 17.3 Å². The molecule has 4 nitrogen and oxygen atoms in total. The fourth-order valence-corrected chi connectivity index (χ4v) is 2.36. The van der Waals surface area contributed by atoms with Crippen LogP contribution in [0.15, 0.2) is 12.1 Å². The molecule has 0 bridgehead atoms. The Morgan fingerprint density at radius 3 is 2.40 bits per heavy atom. The predicted octanol–water partition coefficient (Wildman–Crippen LogP) is 2.36. The van der Waals surface area contributed by atoms with E-state index >= 15 is 0 Å². The normalized spacial score (nSPS) is 15.2. The van der Waals surface area contributed by atoms with Gasteiger partial charge in [-0.1, -0.05) is 0 Å². The van der Waals surface area contributed by atoms with Gasteiger partial charge in [-0.3, -0.25) is 4.79 Å². The Morgan fingerprint density at radius 1 is 1.20 bits per heavy atom. The van der Waals surface area contributed by atoms with Gasteiger partial charge < -0.3 is 16.0 Å². The molecule has 1 aromatic carbocycles. The molecule has 3 N–H and O–H groups in total. The minimum absolute atomic E-state index is 0.0217. The highest BCUT2D eigenvalue weighted by atomic mass is 19.1. The van der Waals surface area contributed by atoms with E-state index in [9.17, 15) is 13.6 Å². The summed E-state index contributed by atoms with van der Waals surface area (Å²) in [5.74, 6) is -1.46. The number of amides is 1. The lowest BCUT2D eigenvalue weighted by molar-refractivity contribution is -0.131. The van der Waals surface area contributed by atoms with Gasteiger partial charge in [-0.15, -0.1) is 0 Å². The Kier molecular flexibility index (Phi) is 4.76. The molecule has 2 rings (SSSR count). The van der Waals surface area contributed by atoms with Crippen molar-refractivity contribution in [2.75, 3.05) is 30.7 Å². The van der Waals surface area contributed by atoms with Gasteiger partial charge in [-0.05, 0) is 31.4 Å². The highest BCUT2D eigenvalue weighted by Gasteiger charge is 2.16. The number of halogens is 2. The highest BCUT2D eigenvalue weighted by Crippen LogP contribution is 2.21. The van der Waals surface area contributed by atoms with Crippen LogP contribution in [0.5, 0.6) is 0 Å². The number of hydrogen-bond acceptors (Lipinski definition) is 3. The summed E-state index contributed by atoms with van der Waals surface area (Å²) in [4.78, 5) is 13.7. The number of carbonyl (C=O) groups excluding carboxylic acids is 1. The molecule has 0 radical (unpaired) electrons. The Balaban J connectivity index is 1.85. The number of likely N-dealkylation sites (tertiary alicyclic amines) is 1. The molecule has 6 heteroatoms. The Morgan fingerprint density at radius 2 is 1.80 bits per heavy atom. The molecule has 1 heterocycles. The van der Waals surface area contributed by atoms with Crippen molar-refractivity contribution in [2.24, 2.45) is 0 Å². The van der Waals surface area contributed by atoms with E-state index in [1.165, 1.54) is 0 Å². The molecule has 0 aliphatic carbocycles. The Labute approximate surface area is 116 Å². The van der Waals surface area contributed by atoms with Crippen LogP contribution in [0.25, 0.3) is 0 Å². The zero-order chi connectivity index (χ0) is 14.5. The van der Waals surface area contributed by atoms with E-state index in [0.29, 0.717) is 0 Å². The molecule has 0 aromatic heterocycles. The van der Waals surface area contributed by atoms with Gasteiger partial charge in [0.2, 0.25) is 5.91 Å². The molecule has 0 saturated carbocycles. The summed E-state index contributed by atoms with van der Waals surface area (Å²) in [6, 6.07) is 2.11. The van der Waals surface area contributed by atoms with Crippen LogP contribution in [-0.4, -0.2) is 30.4 Å². The summed E-state index contributed by atoms with van der Waals surface area (Å²) < 4.78 is 27.0. The molecule has 110 valence electrons. The van der Waals surface area contributed by atoms with Crippen molar-refractivity contribution in [1.82, 2.24) is 4.90 Å². The van der Waals surface area contributed by atoms with Crippen LogP contribution in [0.3, 0.4) is 0 Å². The number of nitrogens with one attached hydrogen (secondary N) is 1. The van der Waals surface area contributed by atoms with Gasteiger partial charge >= 0.3 is 0 Å². The average Bonchev–Trinajstić information content (AvgIpc) is 2.42. The number of carbonyl (C=O) groups is 1. The Hall–Kier alpha value is -1.85. The van der Waals surface area contributed by atoms with Gasteiger partial charge in [-0.2, -0.15) is 0 Å². The van der Waals surface area contributed by atoms with E-state index in [4.69, 9.17) is 5.73 Å². The van der Waals surface area contributed by atoms with Crippen LogP contribution in [0.4, 0.5) is 20.2 Å². The van der Waals surface area contributed by atoms with E-state index in [2.05, 4.69) is 5.32 Å². The first-order chi connectivity index (χ1) is 9.58. The second-order valence-electron chi connectivity index (χ2n) is 4.98. The molecule has 0 atom stereocenters. The third-order valence-electron chi connectivity index (χ3n) is 3.41. The van der Waals surface area contributed by atoms with Crippen molar-refractivity contribution in [3.63, 3.8) is 0 Å².